The Labute approximate surface area is 88.8 Å². The average Bonchev–Trinajstić information content (AvgIpc) is 2.10. The predicted molar refractivity (Wildman–Crippen MR) is 56.2 cm³/mol. The Morgan fingerprint density at radius 1 is 1.38 bits per heavy atom. The minimum absolute atomic E-state index is 0.132. The Balaban J connectivity index is 3.22. The number of hydrogen-bond acceptors (Lipinski definition) is 1. The van der Waals surface area contributed by atoms with Crippen LogP contribution in [0.25, 0.3) is 0 Å². The van der Waals surface area contributed by atoms with Crippen LogP contribution >= 0.6 is 22.6 Å². The summed E-state index contributed by atoms with van der Waals surface area (Å²) in [6, 6.07) is 1.56. The quantitative estimate of drug-likeness (QED) is 0.507. The van der Waals surface area contributed by atoms with Crippen molar-refractivity contribution < 1.29 is 8.78 Å². The number of hydrogen-bond donors (Lipinski definition) is 1. The van der Waals surface area contributed by atoms with Crippen molar-refractivity contribution in [3.63, 3.8) is 0 Å². The molecule has 0 bridgehead atoms. The molecule has 0 heterocycles. The lowest BCUT2D eigenvalue weighted by Crippen LogP contribution is -2.09. The van der Waals surface area contributed by atoms with Crippen molar-refractivity contribution >= 4 is 22.6 Å². The molecule has 0 unspecified atom stereocenters. The minimum Gasteiger partial charge on any atom is -0.321 e. The number of benzene rings is 1. The van der Waals surface area contributed by atoms with Crippen molar-refractivity contribution in [2.75, 3.05) is 0 Å². The van der Waals surface area contributed by atoms with Gasteiger partial charge in [0, 0.05) is 5.56 Å². The molecule has 0 aliphatic heterocycles. The molecule has 1 aromatic carbocycles. The van der Waals surface area contributed by atoms with E-state index in [9.17, 15) is 8.78 Å². The largest absolute Gasteiger partial charge is 0.321 e. The fourth-order valence-corrected chi connectivity index (χ4v) is 1.35. The highest BCUT2D eigenvalue weighted by atomic mass is 127. The van der Waals surface area contributed by atoms with Gasteiger partial charge in [-0.05, 0) is 34.7 Å². The summed E-state index contributed by atoms with van der Waals surface area (Å²) in [4.78, 5) is 0. The molecule has 1 aromatic rings. The van der Waals surface area contributed by atoms with Gasteiger partial charge in [-0.3, -0.25) is 0 Å². The molecule has 4 heteroatoms. The van der Waals surface area contributed by atoms with Crippen LogP contribution in [0.5, 0.6) is 0 Å². The van der Waals surface area contributed by atoms with E-state index in [1.807, 2.05) is 0 Å². The smallest absolute Gasteiger partial charge is 0.137 e. The van der Waals surface area contributed by atoms with E-state index in [2.05, 4.69) is 6.58 Å². The highest BCUT2D eigenvalue weighted by Crippen LogP contribution is 2.21. The summed E-state index contributed by atoms with van der Waals surface area (Å²) in [5, 5.41) is 0. The van der Waals surface area contributed by atoms with E-state index < -0.39 is 17.7 Å². The van der Waals surface area contributed by atoms with Gasteiger partial charge in [0.1, 0.15) is 11.6 Å². The van der Waals surface area contributed by atoms with Crippen molar-refractivity contribution in [3.8, 4) is 0 Å². The van der Waals surface area contributed by atoms with Crippen molar-refractivity contribution in [1.82, 2.24) is 0 Å². The molecular weight excluding hydrogens is 287 g/mol. The zero-order valence-corrected chi connectivity index (χ0v) is 8.89. The van der Waals surface area contributed by atoms with Crippen molar-refractivity contribution in [2.24, 2.45) is 5.73 Å². The van der Waals surface area contributed by atoms with Crippen LogP contribution in [0.4, 0.5) is 8.78 Å². The maximum Gasteiger partial charge on any atom is 0.137 e. The van der Waals surface area contributed by atoms with E-state index in [-0.39, 0.29) is 9.13 Å². The topological polar surface area (TPSA) is 26.0 Å². The number of rotatable bonds is 2. The normalized spacial score (nSPS) is 12.6. The molecule has 1 rings (SSSR count). The second-order valence-electron chi connectivity index (χ2n) is 2.55. The van der Waals surface area contributed by atoms with Gasteiger partial charge in [-0.15, -0.1) is 6.58 Å². The van der Waals surface area contributed by atoms with Gasteiger partial charge in [0.15, 0.2) is 0 Å². The van der Waals surface area contributed by atoms with Gasteiger partial charge in [-0.1, -0.05) is 6.08 Å². The molecule has 1 nitrogen and oxygen atoms in total. The molecule has 0 spiro atoms. The van der Waals surface area contributed by atoms with Gasteiger partial charge < -0.3 is 5.73 Å². The Bertz CT molecular complexity index is 339. The van der Waals surface area contributed by atoms with Crippen LogP contribution in [-0.4, -0.2) is 0 Å². The van der Waals surface area contributed by atoms with Crippen LogP contribution in [0, 0.1) is 15.2 Å². The van der Waals surface area contributed by atoms with E-state index in [0.717, 1.165) is 12.1 Å². The zero-order valence-electron chi connectivity index (χ0n) is 6.73. The Hall–Kier alpha value is -0.490. The molecule has 0 aliphatic carbocycles. The van der Waals surface area contributed by atoms with Crippen LogP contribution in [0.15, 0.2) is 24.8 Å². The second-order valence-corrected chi connectivity index (χ2v) is 3.71. The lowest BCUT2D eigenvalue weighted by Gasteiger charge is -2.08. The molecule has 0 amide bonds. The van der Waals surface area contributed by atoms with E-state index >= 15 is 0 Å². The molecule has 0 saturated carbocycles. The monoisotopic (exact) mass is 295 g/mol. The Kier molecular flexibility index (Phi) is 3.38. The van der Waals surface area contributed by atoms with Crippen molar-refractivity contribution in [2.45, 2.75) is 6.04 Å². The van der Waals surface area contributed by atoms with Gasteiger partial charge in [-0.25, -0.2) is 8.78 Å². The average molecular weight is 295 g/mol. The van der Waals surface area contributed by atoms with Gasteiger partial charge in [0.25, 0.3) is 0 Å². The molecule has 0 radical (unpaired) electrons. The van der Waals surface area contributed by atoms with Crippen LogP contribution < -0.4 is 5.73 Å². The summed E-state index contributed by atoms with van der Waals surface area (Å²) < 4.78 is 26.4. The molecule has 1 atom stereocenters. The number of nitrogens with two attached hydrogens (primary N) is 1. The lowest BCUT2D eigenvalue weighted by molar-refractivity contribution is 0.573. The fraction of sp³-hybridized carbons (Fsp3) is 0.111. The van der Waals surface area contributed by atoms with Gasteiger partial charge in [-0.2, -0.15) is 0 Å². The maximum absolute atomic E-state index is 13.2. The minimum atomic E-state index is -0.661. The van der Waals surface area contributed by atoms with E-state index in [1.54, 1.807) is 22.6 Å². The molecule has 0 saturated heterocycles. The van der Waals surface area contributed by atoms with E-state index in [1.165, 1.54) is 6.08 Å². The molecule has 2 N–H and O–H groups in total. The Morgan fingerprint density at radius 2 is 2.00 bits per heavy atom. The molecule has 70 valence electrons. The summed E-state index contributed by atoms with van der Waals surface area (Å²) in [7, 11) is 0. The summed E-state index contributed by atoms with van der Waals surface area (Å²) in [5.41, 5.74) is 5.62. The molecule has 0 fully saturated rings. The second kappa shape index (κ2) is 4.15. The van der Waals surface area contributed by atoms with Crippen LogP contribution in [0.1, 0.15) is 11.6 Å². The van der Waals surface area contributed by atoms with Gasteiger partial charge >= 0.3 is 0 Å². The highest BCUT2D eigenvalue weighted by Gasteiger charge is 2.11. The number of halogens is 3. The predicted octanol–water partition coefficient (Wildman–Crippen LogP) is 2.76. The first kappa shape index (κ1) is 10.6. The maximum atomic E-state index is 13.2. The summed E-state index contributed by atoms with van der Waals surface area (Å²) >= 11 is 1.72. The summed E-state index contributed by atoms with van der Waals surface area (Å²) in [6.45, 7) is 3.41. The first-order chi connectivity index (χ1) is 6.06. The van der Waals surface area contributed by atoms with Crippen molar-refractivity contribution in [3.05, 3.63) is 45.6 Å². The lowest BCUT2D eigenvalue weighted by atomic mass is 10.1. The highest BCUT2D eigenvalue weighted by molar-refractivity contribution is 14.1. The zero-order chi connectivity index (χ0) is 10.0. The van der Waals surface area contributed by atoms with Crippen molar-refractivity contribution in [1.29, 1.82) is 0 Å². The first-order valence-corrected chi connectivity index (χ1v) is 4.66. The molecule has 0 aromatic heterocycles. The third-order valence-corrected chi connectivity index (χ3v) is 2.48. The SMILES string of the molecule is C=C[C@@H](N)c1cc(F)c(I)cc1F. The van der Waals surface area contributed by atoms with E-state index in [0.29, 0.717) is 0 Å². The van der Waals surface area contributed by atoms with E-state index in [4.69, 9.17) is 5.73 Å². The summed E-state index contributed by atoms with van der Waals surface area (Å²) in [5.74, 6) is -0.965. The third kappa shape index (κ3) is 2.25. The third-order valence-electron chi connectivity index (χ3n) is 1.65. The summed E-state index contributed by atoms with van der Waals surface area (Å²) in [6.07, 6.45) is 1.37. The van der Waals surface area contributed by atoms with Crippen LogP contribution in [-0.2, 0) is 0 Å². The molecule has 13 heavy (non-hydrogen) atoms. The molecule has 0 aliphatic rings. The standard InChI is InChI=1S/C9H8F2IN/c1-2-9(13)5-3-7(11)8(12)4-6(5)10/h2-4,9H,1,13H2/t9-/m1/s1. The molecular formula is C9H8F2IN. The fourth-order valence-electron chi connectivity index (χ4n) is 0.920. The Morgan fingerprint density at radius 3 is 2.54 bits per heavy atom. The van der Waals surface area contributed by atoms with Gasteiger partial charge in [0.2, 0.25) is 0 Å². The van der Waals surface area contributed by atoms with Crippen LogP contribution in [0.2, 0.25) is 0 Å². The van der Waals surface area contributed by atoms with Crippen LogP contribution in [0.3, 0.4) is 0 Å². The first-order valence-electron chi connectivity index (χ1n) is 3.59. The van der Waals surface area contributed by atoms with Gasteiger partial charge in [0.05, 0.1) is 9.61 Å².